The fourth-order valence-corrected chi connectivity index (χ4v) is 6.41. The van der Waals surface area contributed by atoms with E-state index in [4.69, 9.17) is 0 Å². The molecule has 1 aliphatic carbocycles. The van der Waals surface area contributed by atoms with Crippen LogP contribution < -0.4 is 0 Å². The number of nitrogens with zero attached hydrogens (tertiary/aromatic N) is 1. The largest absolute Gasteiger partial charge is 0.293 e. The summed E-state index contributed by atoms with van der Waals surface area (Å²) in [6.45, 7) is 2.03. The molecule has 6 heteroatoms. The Morgan fingerprint density at radius 2 is 1.61 bits per heavy atom. The van der Waals surface area contributed by atoms with Gasteiger partial charge in [-0.25, -0.2) is 8.42 Å². The van der Waals surface area contributed by atoms with Crippen molar-refractivity contribution in [1.29, 1.82) is 0 Å². The molecule has 2 aliphatic rings. The van der Waals surface area contributed by atoms with Crippen LogP contribution in [0.5, 0.6) is 0 Å². The summed E-state index contributed by atoms with van der Waals surface area (Å²) in [6, 6.07) is 22.7. The zero-order chi connectivity index (χ0) is 23.2. The molecule has 3 aromatic rings. The Morgan fingerprint density at radius 1 is 0.939 bits per heavy atom. The van der Waals surface area contributed by atoms with Gasteiger partial charge in [-0.15, -0.1) is 0 Å². The van der Waals surface area contributed by atoms with E-state index in [1.165, 1.54) is 10.4 Å². The normalized spacial score (nSPS) is 21.1. The van der Waals surface area contributed by atoms with Gasteiger partial charge in [0.25, 0.3) is 10.0 Å². The highest BCUT2D eigenvalue weighted by Crippen LogP contribution is 2.51. The predicted octanol–water partition coefficient (Wildman–Crippen LogP) is 4.58. The number of carbonyl (C=O) groups is 2. The summed E-state index contributed by atoms with van der Waals surface area (Å²) < 4.78 is 28.6. The molecular formula is C27H23NO4S. The molecule has 1 fully saturated rings. The molecular weight excluding hydrogens is 434 g/mol. The van der Waals surface area contributed by atoms with Crippen LogP contribution in [0.1, 0.15) is 38.3 Å². The standard InChI is InChI=1S/C27H23NO4S/c1-19-11-13-22(14-12-19)33(31,32)28-16-15-27(18-21-9-5-6-10-23(21)26(27)30)25(28)17-24(29)20-7-3-2-4-8-20/h2-14,17H,15-16,18H2,1H3/b25-17-. The Balaban J connectivity index is 1.65. The van der Waals surface area contributed by atoms with Gasteiger partial charge in [0.15, 0.2) is 11.6 Å². The van der Waals surface area contributed by atoms with E-state index in [0.717, 1.165) is 11.1 Å². The summed E-state index contributed by atoms with van der Waals surface area (Å²) in [5.41, 5.74) is 2.08. The van der Waals surface area contributed by atoms with Gasteiger partial charge in [0.2, 0.25) is 0 Å². The number of Topliss-reactive ketones (excluding diaryl/α,β-unsaturated/α-hetero) is 1. The molecule has 1 unspecified atom stereocenters. The number of carbonyl (C=O) groups excluding carboxylic acids is 2. The van der Waals surface area contributed by atoms with Gasteiger partial charge in [-0.05, 0) is 37.5 Å². The average molecular weight is 458 g/mol. The van der Waals surface area contributed by atoms with E-state index in [2.05, 4.69) is 0 Å². The van der Waals surface area contributed by atoms with Gasteiger partial charge >= 0.3 is 0 Å². The third-order valence-electron chi connectivity index (χ3n) is 6.62. The average Bonchev–Trinajstić information content (AvgIpc) is 3.33. The molecule has 0 bridgehead atoms. The van der Waals surface area contributed by atoms with Gasteiger partial charge < -0.3 is 0 Å². The van der Waals surface area contributed by atoms with Crippen molar-refractivity contribution in [3.05, 3.63) is 113 Å². The summed E-state index contributed by atoms with van der Waals surface area (Å²) in [5.74, 6) is -0.438. The second-order valence-electron chi connectivity index (χ2n) is 8.65. The third-order valence-corrected chi connectivity index (χ3v) is 8.45. The SMILES string of the molecule is Cc1ccc(S(=O)(=O)N2CCC3(Cc4ccccc4C3=O)/C2=C/C(=O)c2ccccc2)cc1. The molecule has 166 valence electrons. The van der Waals surface area contributed by atoms with Crippen molar-refractivity contribution in [2.24, 2.45) is 5.41 Å². The van der Waals surface area contributed by atoms with Crippen molar-refractivity contribution < 1.29 is 18.0 Å². The Hall–Kier alpha value is -3.51. The Kier molecular flexibility index (Phi) is 5.05. The first-order chi connectivity index (χ1) is 15.8. The molecule has 0 amide bonds. The number of aryl methyl sites for hydroxylation is 1. The first kappa shape index (κ1) is 21.3. The summed E-state index contributed by atoms with van der Waals surface area (Å²) in [6.07, 6.45) is 2.08. The molecule has 1 saturated heterocycles. The molecule has 3 aromatic carbocycles. The molecule has 0 saturated carbocycles. The van der Waals surface area contributed by atoms with Crippen molar-refractivity contribution >= 4 is 21.6 Å². The number of ketones is 2. The number of fused-ring (bicyclic) bond motifs is 1. The number of benzene rings is 3. The second-order valence-corrected chi connectivity index (χ2v) is 10.5. The summed E-state index contributed by atoms with van der Waals surface area (Å²) in [4.78, 5) is 26.9. The van der Waals surface area contributed by atoms with Crippen LogP contribution in [0.15, 0.2) is 95.5 Å². The topological polar surface area (TPSA) is 71.5 Å². The quantitative estimate of drug-likeness (QED) is 0.425. The number of allylic oxidation sites excluding steroid dienone is 2. The molecule has 0 aromatic heterocycles. The Bertz CT molecular complexity index is 1390. The van der Waals surface area contributed by atoms with E-state index >= 15 is 0 Å². The van der Waals surface area contributed by atoms with E-state index in [0.29, 0.717) is 24.0 Å². The van der Waals surface area contributed by atoms with E-state index < -0.39 is 15.4 Å². The van der Waals surface area contributed by atoms with Gasteiger partial charge in [0.05, 0.1) is 10.3 Å². The lowest BCUT2D eigenvalue weighted by molar-refractivity contribution is 0.0867. The van der Waals surface area contributed by atoms with Gasteiger partial charge in [-0.2, -0.15) is 0 Å². The lowest BCUT2D eigenvalue weighted by atomic mass is 9.79. The molecule has 1 spiro atoms. The van der Waals surface area contributed by atoms with Gasteiger partial charge in [0, 0.05) is 29.4 Å². The first-order valence-corrected chi connectivity index (χ1v) is 12.3. The maximum absolute atomic E-state index is 13.7. The van der Waals surface area contributed by atoms with Crippen molar-refractivity contribution in [3.63, 3.8) is 0 Å². The summed E-state index contributed by atoms with van der Waals surface area (Å²) >= 11 is 0. The van der Waals surface area contributed by atoms with Crippen LogP contribution in [0.25, 0.3) is 0 Å². The van der Waals surface area contributed by atoms with Crippen molar-refractivity contribution in [1.82, 2.24) is 4.31 Å². The summed E-state index contributed by atoms with van der Waals surface area (Å²) in [5, 5.41) is 0. The Morgan fingerprint density at radius 3 is 2.30 bits per heavy atom. The predicted molar refractivity (Wildman–Crippen MR) is 125 cm³/mol. The van der Waals surface area contributed by atoms with Gasteiger partial charge in [0.1, 0.15) is 0 Å². The zero-order valence-corrected chi connectivity index (χ0v) is 19.0. The molecule has 1 heterocycles. The highest BCUT2D eigenvalue weighted by molar-refractivity contribution is 7.89. The maximum atomic E-state index is 13.7. The van der Waals surface area contributed by atoms with Gasteiger partial charge in [-0.3, -0.25) is 13.9 Å². The molecule has 33 heavy (non-hydrogen) atoms. The number of hydrogen-bond donors (Lipinski definition) is 0. The molecule has 0 N–H and O–H groups in total. The highest BCUT2D eigenvalue weighted by Gasteiger charge is 2.55. The lowest BCUT2D eigenvalue weighted by Gasteiger charge is -2.27. The van der Waals surface area contributed by atoms with Crippen LogP contribution in [-0.2, 0) is 16.4 Å². The first-order valence-electron chi connectivity index (χ1n) is 10.9. The van der Waals surface area contributed by atoms with Crippen molar-refractivity contribution in [2.45, 2.75) is 24.7 Å². The van der Waals surface area contributed by atoms with E-state index in [1.807, 2.05) is 31.2 Å². The van der Waals surface area contributed by atoms with Crippen molar-refractivity contribution in [3.8, 4) is 0 Å². The molecule has 1 atom stereocenters. The fraction of sp³-hybridized carbons (Fsp3) is 0.185. The van der Waals surface area contributed by atoms with Crippen LogP contribution in [0.4, 0.5) is 0 Å². The minimum Gasteiger partial charge on any atom is -0.293 e. The van der Waals surface area contributed by atoms with Crippen LogP contribution in [0.3, 0.4) is 0 Å². The smallest absolute Gasteiger partial charge is 0.264 e. The van der Waals surface area contributed by atoms with Gasteiger partial charge in [-0.1, -0.05) is 72.3 Å². The van der Waals surface area contributed by atoms with Crippen LogP contribution in [0.2, 0.25) is 0 Å². The van der Waals surface area contributed by atoms with E-state index in [1.54, 1.807) is 54.6 Å². The highest BCUT2D eigenvalue weighted by atomic mass is 32.2. The second kappa shape index (κ2) is 7.81. The van der Waals surface area contributed by atoms with Crippen molar-refractivity contribution in [2.75, 3.05) is 6.54 Å². The van der Waals surface area contributed by atoms with E-state index in [-0.39, 0.29) is 28.7 Å². The minimum absolute atomic E-state index is 0.119. The van der Waals surface area contributed by atoms with Crippen LogP contribution in [0, 0.1) is 12.3 Å². The zero-order valence-electron chi connectivity index (χ0n) is 18.2. The van der Waals surface area contributed by atoms with Crippen LogP contribution in [-0.4, -0.2) is 30.8 Å². The minimum atomic E-state index is -3.95. The maximum Gasteiger partial charge on any atom is 0.264 e. The number of hydrogen-bond acceptors (Lipinski definition) is 4. The number of rotatable bonds is 4. The molecule has 1 aliphatic heterocycles. The lowest BCUT2D eigenvalue weighted by Crippen LogP contribution is -2.34. The monoisotopic (exact) mass is 457 g/mol. The van der Waals surface area contributed by atoms with Crippen LogP contribution >= 0.6 is 0 Å². The fourth-order valence-electron chi connectivity index (χ4n) is 4.85. The molecule has 0 radical (unpaired) electrons. The third kappa shape index (κ3) is 3.42. The molecule has 5 rings (SSSR count). The summed E-state index contributed by atoms with van der Waals surface area (Å²) in [7, 11) is -3.95. The van der Waals surface area contributed by atoms with E-state index in [9.17, 15) is 18.0 Å². The molecule has 5 nitrogen and oxygen atoms in total. The number of sulfonamides is 1. The Labute approximate surface area is 193 Å².